The van der Waals surface area contributed by atoms with Gasteiger partial charge in [-0.1, -0.05) is 6.07 Å². The zero-order valence-electron chi connectivity index (χ0n) is 10.4. The van der Waals surface area contributed by atoms with Gasteiger partial charge in [-0.05, 0) is 24.7 Å². The number of rotatable bonds is 4. The zero-order chi connectivity index (χ0) is 13.0. The van der Waals surface area contributed by atoms with E-state index in [2.05, 4.69) is 0 Å². The van der Waals surface area contributed by atoms with Crippen molar-refractivity contribution >= 4 is 5.97 Å². The van der Waals surface area contributed by atoms with E-state index in [9.17, 15) is 4.79 Å². The third-order valence-electron chi connectivity index (χ3n) is 2.67. The number of likely N-dealkylation sites (N-methyl/N-ethyl adjacent to an activating group) is 1. The minimum atomic E-state index is -0.827. The highest BCUT2D eigenvalue weighted by atomic mass is 16.5. The number of carboxylic acids is 1. The van der Waals surface area contributed by atoms with E-state index in [-0.39, 0.29) is 6.54 Å². The topological polar surface area (TPSA) is 59.0 Å². The molecule has 18 heavy (non-hydrogen) atoms. The minimum absolute atomic E-state index is 0.0223. The summed E-state index contributed by atoms with van der Waals surface area (Å²) in [6, 6.07) is 5.73. The number of hydrogen-bond donors (Lipinski definition) is 1. The van der Waals surface area contributed by atoms with Gasteiger partial charge in [0, 0.05) is 13.0 Å². The number of fused-ring (bicyclic) bond motifs is 1. The fraction of sp³-hybridized carbons (Fsp3) is 0.462. The van der Waals surface area contributed by atoms with E-state index in [1.165, 1.54) is 0 Å². The standard InChI is InChI=1S/C13H17NO4/c1-14(9-13(15)16)8-10-3-4-11-12(7-10)18-6-2-5-17-11/h3-4,7H,2,5-6,8-9H2,1H3,(H,15,16). The third-order valence-corrected chi connectivity index (χ3v) is 2.67. The van der Waals surface area contributed by atoms with Crippen LogP contribution in [-0.4, -0.2) is 42.8 Å². The lowest BCUT2D eigenvalue weighted by Crippen LogP contribution is -2.25. The summed E-state index contributed by atoms with van der Waals surface area (Å²) < 4.78 is 11.1. The molecule has 0 radical (unpaired) electrons. The van der Waals surface area contributed by atoms with Crippen molar-refractivity contribution in [3.05, 3.63) is 23.8 Å². The Balaban J connectivity index is 2.06. The van der Waals surface area contributed by atoms with Crippen molar-refractivity contribution in [1.29, 1.82) is 0 Å². The van der Waals surface area contributed by atoms with Gasteiger partial charge in [-0.2, -0.15) is 0 Å². The highest BCUT2D eigenvalue weighted by Gasteiger charge is 2.12. The van der Waals surface area contributed by atoms with E-state index >= 15 is 0 Å². The molecule has 5 nitrogen and oxygen atoms in total. The van der Waals surface area contributed by atoms with E-state index in [1.807, 2.05) is 18.2 Å². The molecule has 0 atom stereocenters. The van der Waals surface area contributed by atoms with Gasteiger partial charge in [0.25, 0.3) is 0 Å². The first-order chi connectivity index (χ1) is 8.65. The molecule has 0 fully saturated rings. The molecule has 0 aliphatic carbocycles. The highest BCUT2D eigenvalue weighted by Crippen LogP contribution is 2.30. The Bertz CT molecular complexity index is 433. The smallest absolute Gasteiger partial charge is 0.317 e. The Morgan fingerprint density at radius 3 is 2.78 bits per heavy atom. The normalized spacial score (nSPS) is 14.3. The van der Waals surface area contributed by atoms with Crippen LogP contribution in [0, 0.1) is 0 Å². The van der Waals surface area contributed by atoms with Gasteiger partial charge in [-0.15, -0.1) is 0 Å². The van der Waals surface area contributed by atoms with Crippen LogP contribution >= 0.6 is 0 Å². The summed E-state index contributed by atoms with van der Waals surface area (Å²) in [6.07, 6.45) is 0.878. The molecule has 0 saturated heterocycles. The number of hydrogen-bond acceptors (Lipinski definition) is 4. The Labute approximate surface area is 106 Å². The van der Waals surface area contributed by atoms with Crippen LogP contribution in [0.15, 0.2) is 18.2 Å². The molecule has 1 N–H and O–H groups in total. The van der Waals surface area contributed by atoms with Crippen molar-refractivity contribution in [2.24, 2.45) is 0 Å². The predicted octanol–water partition coefficient (Wildman–Crippen LogP) is 1.36. The Hall–Kier alpha value is -1.75. The van der Waals surface area contributed by atoms with Crippen LogP contribution in [0.3, 0.4) is 0 Å². The summed E-state index contributed by atoms with van der Waals surface area (Å²) in [5, 5.41) is 8.70. The van der Waals surface area contributed by atoms with Crippen LogP contribution in [-0.2, 0) is 11.3 Å². The number of nitrogens with zero attached hydrogens (tertiary/aromatic N) is 1. The molecule has 1 heterocycles. The first-order valence-electron chi connectivity index (χ1n) is 5.94. The van der Waals surface area contributed by atoms with Gasteiger partial charge < -0.3 is 14.6 Å². The van der Waals surface area contributed by atoms with Crippen LogP contribution < -0.4 is 9.47 Å². The molecule has 2 rings (SSSR count). The summed E-state index contributed by atoms with van der Waals surface area (Å²) >= 11 is 0. The van der Waals surface area contributed by atoms with Gasteiger partial charge in [0.05, 0.1) is 19.8 Å². The number of carbonyl (C=O) groups is 1. The van der Waals surface area contributed by atoms with Gasteiger partial charge >= 0.3 is 5.97 Å². The fourth-order valence-electron chi connectivity index (χ4n) is 1.90. The van der Waals surface area contributed by atoms with Crippen molar-refractivity contribution in [1.82, 2.24) is 4.90 Å². The molecule has 98 valence electrons. The largest absolute Gasteiger partial charge is 0.490 e. The molecule has 1 aromatic rings. The number of carboxylic acid groups (broad SMARTS) is 1. The van der Waals surface area contributed by atoms with Crippen molar-refractivity contribution in [3.63, 3.8) is 0 Å². The monoisotopic (exact) mass is 251 g/mol. The Morgan fingerprint density at radius 1 is 1.33 bits per heavy atom. The number of aliphatic carboxylic acids is 1. The van der Waals surface area contributed by atoms with E-state index in [0.717, 1.165) is 23.5 Å². The molecular formula is C13H17NO4. The van der Waals surface area contributed by atoms with E-state index < -0.39 is 5.97 Å². The maximum Gasteiger partial charge on any atom is 0.317 e. The summed E-state index contributed by atoms with van der Waals surface area (Å²) in [5.41, 5.74) is 1.02. The van der Waals surface area contributed by atoms with Gasteiger partial charge in [0.1, 0.15) is 0 Å². The average molecular weight is 251 g/mol. The van der Waals surface area contributed by atoms with Crippen LogP contribution in [0.25, 0.3) is 0 Å². The van der Waals surface area contributed by atoms with E-state index in [1.54, 1.807) is 11.9 Å². The molecule has 5 heteroatoms. The van der Waals surface area contributed by atoms with Crippen LogP contribution in [0.5, 0.6) is 11.5 Å². The van der Waals surface area contributed by atoms with Crippen LogP contribution in [0.2, 0.25) is 0 Å². The quantitative estimate of drug-likeness (QED) is 0.875. The van der Waals surface area contributed by atoms with Gasteiger partial charge in [-0.3, -0.25) is 9.69 Å². The van der Waals surface area contributed by atoms with E-state index in [4.69, 9.17) is 14.6 Å². The Kier molecular flexibility index (Phi) is 4.04. The van der Waals surface area contributed by atoms with Crippen LogP contribution in [0.1, 0.15) is 12.0 Å². The summed E-state index contributed by atoms with van der Waals surface area (Å²) in [7, 11) is 1.77. The molecule has 1 aromatic carbocycles. The molecule has 0 amide bonds. The SMILES string of the molecule is CN(CC(=O)O)Cc1ccc2c(c1)OCCCO2. The first kappa shape index (κ1) is 12.7. The fourth-order valence-corrected chi connectivity index (χ4v) is 1.90. The predicted molar refractivity (Wildman–Crippen MR) is 66.0 cm³/mol. The van der Waals surface area contributed by atoms with Gasteiger partial charge in [0.2, 0.25) is 0 Å². The second-order valence-electron chi connectivity index (χ2n) is 4.40. The molecule has 0 saturated carbocycles. The molecule has 0 unspecified atom stereocenters. The number of benzene rings is 1. The lowest BCUT2D eigenvalue weighted by Gasteiger charge is -2.15. The summed E-state index contributed by atoms with van der Waals surface area (Å²) in [5.74, 6) is 0.678. The second-order valence-corrected chi connectivity index (χ2v) is 4.40. The summed E-state index contributed by atoms with van der Waals surface area (Å²) in [4.78, 5) is 12.3. The van der Waals surface area contributed by atoms with Crippen molar-refractivity contribution in [2.45, 2.75) is 13.0 Å². The molecule has 1 aliphatic rings. The molecule has 1 aliphatic heterocycles. The van der Waals surface area contributed by atoms with Crippen molar-refractivity contribution in [2.75, 3.05) is 26.8 Å². The first-order valence-corrected chi connectivity index (χ1v) is 5.94. The third kappa shape index (κ3) is 3.37. The zero-order valence-corrected chi connectivity index (χ0v) is 10.4. The molecular weight excluding hydrogens is 234 g/mol. The molecule has 0 spiro atoms. The highest BCUT2D eigenvalue weighted by molar-refractivity contribution is 5.69. The van der Waals surface area contributed by atoms with Crippen LogP contribution in [0.4, 0.5) is 0 Å². The lowest BCUT2D eigenvalue weighted by molar-refractivity contribution is -0.138. The van der Waals surface area contributed by atoms with Gasteiger partial charge in [0.15, 0.2) is 11.5 Å². The Morgan fingerprint density at radius 2 is 2.06 bits per heavy atom. The lowest BCUT2D eigenvalue weighted by atomic mass is 10.2. The maximum atomic E-state index is 10.6. The molecule has 0 bridgehead atoms. The van der Waals surface area contributed by atoms with Crippen molar-refractivity contribution in [3.8, 4) is 11.5 Å². The summed E-state index contributed by atoms with van der Waals surface area (Å²) in [6.45, 7) is 1.92. The average Bonchev–Trinajstić information content (AvgIpc) is 2.52. The minimum Gasteiger partial charge on any atom is -0.490 e. The number of ether oxygens (including phenoxy) is 2. The van der Waals surface area contributed by atoms with Crippen molar-refractivity contribution < 1.29 is 19.4 Å². The maximum absolute atomic E-state index is 10.6. The second kappa shape index (κ2) is 5.73. The van der Waals surface area contributed by atoms with E-state index in [0.29, 0.717) is 19.8 Å². The molecule has 0 aromatic heterocycles. The van der Waals surface area contributed by atoms with Gasteiger partial charge in [-0.25, -0.2) is 0 Å².